The summed E-state index contributed by atoms with van der Waals surface area (Å²) in [7, 11) is 1.58. The second-order valence-electron chi connectivity index (χ2n) is 10.4. The first-order chi connectivity index (χ1) is 20.0. The minimum atomic E-state index is -0.837. The molecule has 0 radical (unpaired) electrons. The molecule has 9 nitrogen and oxygen atoms in total. The molecule has 1 atom stereocenters. The molecular weight excluding hydrogens is 518 g/mol. The van der Waals surface area contributed by atoms with E-state index in [4.69, 9.17) is 4.74 Å². The minimum absolute atomic E-state index is 0.104. The zero-order valence-corrected chi connectivity index (χ0v) is 23.4. The van der Waals surface area contributed by atoms with Crippen molar-refractivity contribution in [2.45, 2.75) is 18.5 Å². The molecule has 2 fully saturated rings. The van der Waals surface area contributed by atoms with Gasteiger partial charge >= 0.3 is 0 Å². The maximum atomic E-state index is 13.4. The molecule has 0 aliphatic carbocycles. The third-order valence-electron chi connectivity index (χ3n) is 7.77. The van der Waals surface area contributed by atoms with Gasteiger partial charge in [0.2, 0.25) is 17.7 Å². The molecule has 0 spiro atoms. The number of hydrogen-bond donors (Lipinski definition) is 2. The van der Waals surface area contributed by atoms with Crippen LogP contribution >= 0.6 is 0 Å². The lowest BCUT2D eigenvalue weighted by atomic mass is 9.96. The molecule has 2 heterocycles. The summed E-state index contributed by atoms with van der Waals surface area (Å²) < 4.78 is 5.15. The Hall–Kier alpha value is -4.21. The quantitative estimate of drug-likeness (QED) is 0.422. The van der Waals surface area contributed by atoms with Crippen LogP contribution in [0.25, 0.3) is 0 Å². The van der Waals surface area contributed by atoms with Gasteiger partial charge in [0, 0.05) is 45.0 Å². The minimum Gasteiger partial charge on any atom is -0.497 e. The van der Waals surface area contributed by atoms with E-state index in [1.54, 1.807) is 36.3 Å². The van der Waals surface area contributed by atoms with Crippen LogP contribution in [0.5, 0.6) is 5.75 Å². The van der Waals surface area contributed by atoms with Crippen LogP contribution in [0, 0.1) is 0 Å². The topological polar surface area (TPSA) is 94.2 Å². The average Bonchev–Trinajstić information content (AvgIpc) is 3.00. The van der Waals surface area contributed by atoms with Crippen LogP contribution in [0.1, 0.15) is 23.6 Å². The van der Waals surface area contributed by atoms with E-state index >= 15 is 0 Å². The van der Waals surface area contributed by atoms with Crippen molar-refractivity contribution in [3.8, 4) is 5.75 Å². The van der Waals surface area contributed by atoms with E-state index < -0.39 is 6.04 Å². The summed E-state index contributed by atoms with van der Waals surface area (Å²) in [5, 5.41) is 5.62. The van der Waals surface area contributed by atoms with E-state index in [1.165, 1.54) is 11.1 Å². The van der Waals surface area contributed by atoms with Crippen LogP contribution < -0.4 is 15.4 Å². The van der Waals surface area contributed by atoms with Gasteiger partial charge in [-0.1, -0.05) is 60.7 Å². The van der Waals surface area contributed by atoms with Crippen molar-refractivity contribution < 1.29 is 19.1 Å². The summed E-state index contributed by atoms with van der Waals surface area (Å²) in [4.78, 5) is 45.1. The zero-order valence-electron chi connectivity index (χ0n) is 23.4. The van der Waals surface area contributed by atoms with Gasteiger partial charge in [-0.25, -0.2) is 0 Å². The van der Waals surface area contributed by atoms with E-state index in [-0.39, 0.29) is 36.7 Å². The Balaban J connectivity index is 1.18. The number of benzene rings is 3. The van der Waals surface area contributed by atoms with Gasteiger partial charge in [-0.05, 0) is 35.4 Å². The number of hydrogen-bond acceptors (Lipinski definition) is 6. The summed E-state index contributed by atoms with van der Waals surface area (Å²) in [5.41, 5.74) is 3.10. The second-order valence-corrected chi connectivity index (χ2v) is 10.4. The molecule has 0 bridgehead atoms. The van der Waals surface area contributed by atoms with E-state index in [0.29, 0.717) is 24.5 Å². The molecule has 214 valence electrons. The summed E-state index contributed by atoms with van der Waals surface area (Å²) in [6.07, 6.45) is -0.104. The highest BCUT2D eigenvalue weighted by Gasteiger charge is 2.36. The van der Waals surface area contributed by atoms with Gasteiger partial charge in [0.05, 0.1) is 26.1 Å². The van der Waals surface area contributed by atoms with Crippen molar-refractivity contribution in [3.05, 3.63) is 96.1 Å². The van der Waals surface area contributed by atoms with Gasteiger partial charge in [0.25, 0.3) is 0 Å². The molecule has 2 N–H and O–H groups in total. The maximum absolute atomic E-state index is 13.4. The standard InChI is InChI=1S/C32H37N5O4/c1-41-27-14-12-26(13-15-27)34-29(38)22-28-32(40)33-16-17-37(28)30(39)23-35-18-20-36(21-19-35)31(24-8-4-2-5-9-24)25-10-6-3-7-11-25/h2-15,28,31H,16-23H2,1H3,(H,33,40)(H,34,38)/t28-/m0/s1. The van der Waals surface area contributed by atoms with Crippen LogP contribution in [0.2, 0.25) is 0 Å². The first kappa shape index (κ1) is 28.3. The fraction of sp³-hybridized carbons (Fsp3) is 0.344. The molecule has 3 aromatic rings. The summed E-state index contributed by atoms with van der Waals surface area (Å²) in [5.74, 6) is -0.0644. The van der Waals surface area contributed by atoms with Gasteiger partial charge in [0.15, 0.2) is 0 Å². The van der Waals surface area contributed by atoms with Crippen LogP contribution in [-0.2, 0) is 14.4 Å². The highest BCUT2D eigenvalue weighted by molar-refractivity contribution is 5.97. The molecule has 9 heteroatoms. The number of methoxy groups -OCH3 is 1. The molecule has 2 aliphatic rings. The molecule has 0 saturated carbocycles. The number of anilines is 1. The monoisotopic (exact) mass is 555 g/mol. The Kier molecular flexibility index (Phi) is 9.28. The van der Waals surface area contributed by atoms with Crippen molar-refractivity contribution in [2.75, 3.05) is 58.2 Å². The number of nitrogens with one attached hydrogen (secondary N) is 2. The zero-order chi connectivity index (χ0) is 28.6. The molecule has 0 unspecified atom stereocenters. The van der Waals surface area contributed by atoms with Gasteiger partial charge < -0.3 is 20.3 Å². The number of amides is 3. The summed E-state index contributed by atoms with van der Waals surface area (Å²) in [6.45, 7) is 4.10. The molecular formula is C32H37N5O4. The highest BCUT2D eigenvalue weighted by atomic mass is 16.5. The lowest BCUT2D eigenvalue weighted by Gasteiger charge is -2.41. The van der Waals surface area contributed by atoms with E-state index in [2.05, 4.69) is 69.0 Å². The average molecular weight is 556 g/mol. The van der Waals surface area contributed by atoms with Gasteiger partial charge in [0.1, 0.15) is 11.8 Å². The van der Waals surface area contributed by atoms with E-state index in [0.717, 1.165) is 26.2 Å². The Bertz CT molecular complexity index is 1270. The predicted molar refractivity (Wildman–Crippen MR) is 157 cm³/mol. The molecule has 0 aromatic heterocycles. The molecule has 2 aliphatic heterocycles. The van der Waals surface area contributed by atoms with Crippen LogP contribution in [0.15, 0.2) is 84.9 Å². The second kappa shape index (κ2) is 13.4. The molecule has 3 aromatic carbocycles. The number of carbonyl (C=O) groups excluding carboxylic acids is 3. The Morgan fingerprint density at radius 3 is 2.07 bits per heavy atom. The van der Waals surface area contributed by atoms with Gasteiger partial charge in [-0.15, -0.1) is 0 Å². The first-order valence-corrected chi connectivity index (χ1v) is 14.1. The number of rotatable bonds is 9. The SMILES string of the molecule is COc1ccc(NC(=O)C[C@H]2C(=O)NCCN2C(=O)CN2CCN(C(c3ccccc3)c3ccccc3)CC2)cc1. The number of carbonyl (C=O) groups is 3. The Labute approximate surface area is 241 Å². The Morgan fingerprint density at radius 1 is 0.878 bits per heavy atom. The van der Waals surface area contributed by atoms with Crippen LogP contribution in [-0.4, -0.2) is 91.4 Å². The lowest BCUT2D eigenvalue weighted by molar-refractivity contribution is -0.145. The number of piperazine rings is 2. The fourth-order valence-electron chi connectivity index (χ4n) is 5.62. The molecule has 5 rings (SSSR count). The maximum Gasteiger partial charge on any atom is 0.243 e. The van der Waals surface area contributed by atoms with E-state index in [1.807, 2.05) is 12.1 Å². The fourth-order valence-corrected chi connectivity index (χ4v) is 5.62. The van der Waals surface area contributed by atoms with E-state index in [9.17, 15) is 14.4 Å². The summed E-state index contributed by atoms with van der Waals surface area (Å²) >= 11 is 0. The van der Waals surface area contributed by atoms with Crippen LogP contribution in [0.4, 0.5) is 5.69 Å². The molecule has 41 heavy (non-hydrogen) atoms. The summed E-state index contributed by atoms with van der Waals surface area (Å²) in [6, 6.07) is 27.3. The third-order valence-corrected chi connectivity index (χ3v) is 7.77. The van der Waals surface area contributed by atoms with Gasteiger partial charge in [-0.3, -0.25) is 24.2 Å². The number of nitrogens with zero attached hydrogens (tertiary/aromatic N) is 3. The lowest BCUT2D eigenvalue weighted by Crippen LogP contribution is -2.60. The molecule has 3 amide bonds. The smallest absolute Gasteiger partial charge is 0.243 e. The predicted octanol–water partition coefficient (Wildman–Crippen LogP) is 2.76. The molecule has 2 saturated heterocycles. The normalized spacial score (nSPS) is 18.1. The van der Waals surface area contributed by atoms with Crippen molar-refractivity contribution in [1.82, 2.24) is 20.0 Å². The largest absolute Gasteiger partial charge is 0.497 e. The van der Waals surface area contributed by atoms with Crippen LogP contribution in [0.3, 0.4) is 0 Å². The highest BCUT2D eigenvalue weighted by Crippen LogP contribution is 2.29. The number of ether oxygens (including phenoxy) is 1. The van der Waals surface area contributed by atoms with Gasteiger partial charge in [-0.2, -0.15) is 0 Å². The van der Waals surface area contributed by atoms with Crippen molar-refractivity contribution in [1.29, 1.82) is 0 Å². The van der Waals surface area contributed by atoms with Crippen molar-refractivity contribution in [3.63, 3.8) is 0 Å². The van der Waals surface area contributed by atoms with Crippen molar-refractivity contribution >= 4 is 23.4 Å². The Morgan fingerprint density at radius 2 is 1.49 bits per heavy atom. The first-order valence-electron chi connectivity index (χ1n) is 14.1. The van der Waals surface area contributed by atoms with Crippen molar-refractivity contribution in [2.24, 2.45) is 0 Å². The third kappa shape index (κ3) is 7.11.